The normalized spacial score (nSPS) is 14.2. The van der Waals surface area contributed by atoms with Gasteiger partial charge < -0.3 is 9.84 Å². The van der Waals surface area contributed by atoms with Crippen LogP contribution in [-0.2, 0) is 0 Å². The third-order valence-electron chi connectivity index (χ3n) is 3.65. The Labute approximate surface area is 121 Å². The van der Waals surface area contributed by atoms with Gasteiger partial charge in [-0.3, -0.25) is 0 Å². The number of benzene rings is 2. The molecule has 0 aliphatic heterocycles. The van der Waals surface area contributed by atoms with Crippen LogP contribution in [0.4, 0.5) is 0 Å². The van der Waals surface area contributed by atoms with Crippen LogP contribution in [0, 0.1) is 5.92 Å². The summed E-state index contributed by atoms with van der Waals surface area (Å²) in [6, 6.07) is 12.2. The zero-order valence-electron chi connectivity index (χ0n) is 12.6. The van der Waals surface area contributed by atoms with E-state index in [4.69, 9.17) is 4.74 Å². The largest absolute Gasteiger partial charge is 0.492 e. The fraction of sp³-hybridized carbons (Fsp3) is 0.444. The van der Waals surface area contributed by atoms with Crippen LogP contribution in [0.25, 0.3) is 10.8 Å². The maximum absolute atomic E-state index is 9.95. The highest BCUT2D eigenvalue weighted by Crippen LogP contribution is 2.34. The number of hydrogen-bond acceptors (Lipinski definition) is 2. The highest BCUT2D eigenvalue weighted by molar-refractivity contribution is 5.89. The lowest BCUT2D eigenvalue weighted by atomic mass is 10.0. The molecule has 2 rings (SSSR count). The Hall–Kier alpha value is -1.54. The molecule has 0 aliphatic rings. The van der Waals surface area contributed by atoms with E-state index < -0.39 is 6.10 Å². The van der Waals surface area contributed by atoms with E-state index in [1.807, 2.05) is 24.3 Å². The quantitative estimate of drug-likeness (QED) is 0.825. The van der Waals surface area contributed by atoms with Crippen LogP contribution >= 0.6 is 0 Å². The Morgan fingerprint density at radius 1 is 1.10 bits per heavy atom. The maximum atomic E-state index is 9.95. The molecule has 2 nitrogen and oxygen atoms in total. The van der Waals surface area contributed by atoms with Crippen LogP contribution in [0.3, 0.4) is 0 Å². The zero-order valence-corrected chi connectivity index (χ0v) is 12.6. The molecule has 1 N–H and O–H groups in total. The Balaban J connectivity index is 2.34. The highest BCUT2D eigenvalue weighted by atomic mass is 16.5. The predicted molar refractivity (Wildman–Crippen MR) is 84.1 cm³/mol. The van der Waals surface area contributed by atoms with Crippen LogP contribution in [-0.4, -0.2) is 11.7 Å². The van der Waals surface area contributed by atoms with Crippen LogP contribution in [0.15, 0.2) is 36.4 Å². The highest BCUT2D eigenvalue weighted by Gasteiger charge is 2.14. The average Bonchev–Trinajstić information content (AvgIpc) is 2.44. The summed E-state index contributed by atoms with van der Waals surface area (Å²) >= 11 is 0. The molecule has 20 heavy (non-hydrogen) atoms. The molecule has 2 aromatic carbocycles. The van der Waals surface area contributed by atoms with Gasteiger partial charge in [0, 0.05) is 10.9 Å². The molecule has 0 radical (unpaired) electrons. The summed E-state index contributed by atoms with van der Waals surface area (Å²) in [5, 5.41) is 12.2. The lowest BCUT2D eigenvalue weighted by molar-refractivity contribution is 0.187. The van der Waals surface area contributed by atoms with Gasteiger partial charge in [-0.15, -0.1) is 0 Å². The molecule has 0 aromatic heterocycles. The van der Waals surface area contributed by atoms with Crippen LogP contribution in [0.2, 0.25) is 0 Å². The molecule has 0 amide bonds. The fourth-order valence-electron chi connectivity index (χ4n) is 2.55. The van der Waals surface area contributed by atoms with Gasteiger partial charge in [-0.1, -0.05) is 56.7 Å². The first-order valence-corrected chi connectivity index (χ1v) is 7.46. The van der Waals surface area contributed by atoms with Crippen molar-refractivity contribution in [3.63, 3.8) is 0 Å². The molecule has 0 saturated heterocycles. The number of ether oxygens (including phenoxy) is 1. The molecule has 108 valence electrons. The Morgan fingerprint density at radius 3 is 2.55 bits per heavy atom. The molecule has 1 unspecified atom stereocenters. The average molecular weight is 272 g/mol. The van der Waals surface area contributed by atoms with Crippen molar-refractivity contribution in [2.75, 3.05) is 6.61 Å². The van der Waals surface area contributed by atoms with Crippen molar-refractivity contribution in [2.45, 2.75) is 39.7 Å². The summed E-state index contributed by atoms with van der Waals surface area (Å²) in [5.74, 6) is 1.36. The van der Waals surface area contributed by atoms with Crippen molar-refractivity contribution in [3.8, 4) is 5.75 Å². The molecular formula is C18H24O2. The first-order valence-electron chi connectivity index (χ1n) is 7.46. The van der Waals surface area contributed by atoms with Gasteiger partial charge in [0.1, 0.15) is 5.75 Å². The summed E-state index contributed by atoms with van der Waals surface area (Å²) in [6.07, 6.45) is 1.81. The molecule has 2 atom stereocenters. The first-order chi connectivity index (χ1) is 9.63. The van der Waals surface area contributed by atoms with Crippen LogP contribution in [0.1, 0.15) is 45.3 Å². The van der Waals surface area contributed by atoms with E-state index in [-0.39, 0.29) is 0 Å². The van der Waals surface area contributed by atoms with E-state index in [0.29, 0.717) is 12.5 Å². The van der Waals surface area contributed by atoms with Gasteiger partial charge in [0.2, 0.25) is 0 Å². The standard InChI is InChI=1S/C18H24O2/c1-4-7-13(2)12-20-18-16(14(3)19)11-10-15-8-5-6-9-17(15)18/h5-6,8-11,13-14,19H,4,7,12H2,1-3H3/t13?,14-/m0/s1. The lowest BCUT2D eigenvalue weighted by Crippen LogP contribution is -2.10. The third kappa shape index (κ3) is 3.31. The zero-order chi connectivity index (χ0) is 14.5. The molecule has 0 heterocycles. The number of fused-ring (bicyclic) bond motifs is 1. The van der Waals surface area contributed by atoms with E-state index in [1.54, 1.807) is 6.92 Å². The van der Waals surface area contributed by atoms with Gasteiger partial charge in [-0.2, -0.15) is 0 Å². The summed E-state index contributed by atoms with van der Waals surface area (Å²) in [5.41, 5.74) is 0.868. The SMILES string of the molecule is CCCC(C)COc1c([C@H](C)O)ccc2ccccc12. The molecule has 0 bridgehead atoms. The molecule has 0 fully saturated rings. The van der Waals surface area contributed by atoms with Crippen LogP contribution < -0.4 is 4.74 Å². The Morgan fingerprint density at radius 2 is 1.85 bits per heavy atom. The van der Waals surface area contributed by atoms with Gasteiger partial charge in [0.05, 0.1) is 12.7 Å². The van der Waals surface area contributed by atoms with Gasteiger partial charge >= 0.3 is 0 Å². The fourth-order valence-corrected chi connectivity index (χ4v) is 2.55. The van der Waals surface area contributed by atoms with Crippen molar-refractivity contribution in [3.05, 3.63) is 42.0 Å². The molecule has 0 saturated carbocycles. The van der Waals surface area contributed by atoms with Gasteiger partial charge in [0.15, 0.2) is 0 Å². The van der Waals surface area contributed by atoms with Crippen molar-refractivity contribution < 1.29 is 9.84 Å². The molecule has 0 spiro atoms. The molecule has 0 aliphatic carbocycles. The second-order valence-electron chi connectivity index (χ2n) is 5.59. The third-order valence-corrected chi connectivity index (χ3v) is 3.65. The van der Waals surface area contributed by atoms with E-state index in [9.17, 15) is 5.11 Å². The molecule has 2 heteroatoms. The van der Waals surface area contributed by atoms with E-state index in [2.05, 4.69) is 26.0 Å². The van der Waals surface area contributed by atoms with E-state index >= 15 is 0 Å². The number of aliphatic hydroxyl groups is 1. The summed E-state index contributed by atoms with van der Waals surface area (Å²) in [7, 11) is 0. The summed E-state index contributed by atoms with van der Waals surface area (Å²) in [6.45, 7) is 6.88. The maximum Gasteiger partial charge on any atom is 0.132 e. The monoisotopic (exact) mass is 272 g/mol. The van der Waals surface area contributed by atoms with E-state index in [1.165, 1.54) is 6.42 Å². The first kappa shape index (κ1) is 14.9. The van der Waals surface area contributed by atoms with Gasteiger partial charge in [-0.05, 0) is 24.6 Å². The molecule has 2 aromatic rings. The predicted octanol–water partition coefficient (Wildman–Crippen LogP) is 4.71. The van der Waals surface area contributed by atoms with Crippen LogP contribution in [0.5, 0.6) is 5.75 Å². The van der Waals surface area contributed by atoms with Crippen molar-refractivity contribution >= 4 is 10.8 Å². The van der Waals surface area contributed by atoms with Gasteiger partial charge in [-0.25, -0.2) is 0 Å². The minimum atomic E-state index is -0.518. The summed E-state index contributed by atoms with van der Waals surface area (Å²) < 4.78 is 6.07. The number of rotatable bonds is 6. The second-order valence-corrected chi connectivity index (χ2v) is 5.59. The number of hydrogen-bond donors (Lipinski definition) is 1. The van der Waals surface area contributed by atoms with Crippen molar-refractivity contribution in [1.29, 1.82) is 0 Å². The Bertz CT molecular complexity index is 560. The molecular weight excluding hydrogens is 248 g/mol. The number of aliphatic hydroxyl groups excluding tert-OH is 1. The van der Waals surface area contributed by atoms with Crippen molar-refractivity contribution in [2.24, 2.45) is 5.92 Å². The second kappa shape index (κ2) is 6.76. The lowest BCUT2D eigenvalue weighted by Gasteiger charge is -2.18. The minimum Gasteiger partial charge on any atom is -0.492 e. The topological polar surface area (TPSA) is 29.5 Å². The van der Waals surface area contributed by atoms with E-state index in [0.717, 1.165) is 28.5 Å². The van der Waals surface area contributed by atoms with Gasteiger partial charge in [0.25, 0.3) is 0 Å². The minimum absolute atomic E-state index is 0.518. The smallest absolute Gasteiger partial charge is 0.132 e. The summed E-state index contributed by atoms with van der Waals surface area (Å²) in [4.78, 5) is 0. The Kier molecular flexibility index (Phi) is 5.02. The van der Waals surface area contributed by atoms with Crippen molar-refractivity contribution in [1.82, 2.24) is 0 Å².